The molecule has 192 valence electrons. The SMILES string of the molecule is CC(C)(C)OC(=O)N1CC[C@H](Oc2cc(-c3ccc(O)c(Cl)c3)cc3c2cnn3C2CCCCO2)C1. The molecule has 0 spiro atoms. The number of aromatic nitrogens is 2. The quantitative estimate of drug-likeness (QED) is 0.450. The summed E-state index contributed by atoms with van der Waals surface area (Å²) in [4.78, 5) is 14.2. The molecular weight excluding hydrogens is 482 g/mol. The van der Waals surface area contributed by atoms with Crippen LogP contribution in [0.15, 0.2) is 36.5 Å². The minimum Gasteiger partial charge on any atom is -0.506 e. The Hall–Kier alpha value is -2.97. The maximum absolute atomic E-state index is 12.5. The number of fused-ring (bicyclic) bond motifs is 1. The molecule has 2 fully saturated rings. The number of nitrogens with zero attached hydrogens (tertiary/aromatic N) is 3. The van der Waals surface area contributed by atoms with Gasteiger partial charge in [-0.1, -0.05) is 17.7 Å². The highest BCUT2D eigenvalue weighted by atomic mass is 35.5. The zero-order valence-electron chi connectivity index (χ0n) is 20.9. The first-order chi connectivity index (χ1) is 17.2. The number of aromatic hydroxyl groups is 1. The summed E-state index contributed by atoms with van der Waals surface area (Å²) in [7, 11) is 0. The number of carbonyl (C=O) groups excluding carboxylic acids is 1. The summed E-state index contributed by atoms with van der Waals surface area (Å²) in [5.74, 6) is 0.719. The number of hydrogen-bond donors (Lipinski definition) is 1. The molecular formula is C27H32ClN3O5. The van der Waals surface area contributed by atoms with Crippen LogP contribution in [-0.2, 0) is 9.47 Å². The number of hydrogen-bond acceptors (Lipinski definition) is 6. The van der Waals surface area contributed by atoms with Crippen molar-refractivity contribution in [1.29, 1.82) is 0 Å². The lowest BCUT2D eigenvalue weighted by Gasteiger charge is -2.24. The summed E-state index contributed by atoms with van der Waals surface area (Å²) in [5, 5.41) is 15.7. The maximum Gasteiger partial charge on any atom is 0.410 e. The van der Waals surface area contributed by atoms with Gasteiger partial charge in [-0.2, -0.15) is 5.10 Å². The molecule has 0 bridgehead atoms. The first-order valence-electron chi connectivity index (χ1n) is 12.4. The Morgan fingerprint density at radius 2 is 2.00 bits per heavy atom. The lowest BCUT2D eigenvalue weighted by atomic mass is 10.0. The van der Waals surface area contributed by atoms with E-state index in [2.05, 4.69) is 11.2 Å². The van der Waals surface area contributed by atoms with Gasteiger partial charge in [0, 0.05) is 19.6 Å². The summed E-state index contributed by atoms with van der Waals surface area (Å²) >= 11 is 6.21. The average molecular weight is 514 g/mol. The van der Waals surface area contributed by atoms with Crippen LogP contribution in [0.3, 0.4) is 0 Å². The lowest BCUT2D eigenvalue weighted by molar-refractivity contribution is -0.0366. The third-order valence-electron chi connectivity index (χ3n) is 6.48. The Morgan fingerprint density at radius 1 is 1.17 bits per heavy atom. The summed E-state index contributed by atoms with van der Waals surface area (Å²) in [5.41, 5.74) is 2.10. The molecule has 3 heterocycles. The van der Waals surface area contributed by atoms with Gasteiger partial charge >= 0.3 is 6.09 Å². The third-order valence-corrected chi connectivity index (χ3v) is 6.78. The number of phenolic OH excluding ortho intramolecular Hbond substituents is 1. The van der Waals surface area contributed by atoms with Crippen molar-refractivity contribution in [3.05, 3.63) is 41.6 Å². The van der Waals surface area contributed by atoms with E-state index in [1.165, 1.54) is 0 Å². The number of ether oxygens (including phenoxy) is 3. The molecule has 2 saturated heterocycles. The van der Waals surface area contributed by atoms with E-state index in [9.17, 15) is 9.90 Å². The summed E-state index contributed by atoms with van der Waals surface area (Å²) in [6, 6.07) is 9.16. The van der Waals surface area contributed by atoms with Gasteiger partial charge < -0.3 is 24.2 Å². The normalized spacial score (nSPS) is 20.6. The summed E-state index contributed by atoms with van der Waals surface area (Å²) in [6.45, 7) is 7.32. The third kappa shape index (κ3) is 5.25. The molecule has 8 nitrogen and oxygen atoms in total. The van der Waals surface area contributed by atoms with Crippen LogP contribution in [0.5, 0.6) is 11.5 Å². The molecule has 1 N–H and O–H groups in total. The van der Waals surface area contributed by atoms with Gasteiger partial charge in [-0.25, -0.2) is 9.48 Å². The molecule has 1 amide bonds. The predicted molar refractivity (Wildman–Crippen MR) is 138 cm³/mol. The fourth-order valence-corrected chi connectivity index (χ4v) is 4.89. The lowest BCUT2D eigenvalue weighted by Crippen LogP contribution is -2.36. The molecule has 2 aromatic carbocycles. The molecule has 0 aliphatic carbocycles. The maximum atomic E-state index is 12.5. The van der Waals surface area contributed by atoms with Crippen LogP contribution in [0, 0.1) is 0 Å². The van der Waals surface area contributed by atoms with Gasteiger partial charge in [0.2, 0.25) is 0 Å². The Morgan fingerprint density at radius 3 is 2.72 bits per heavy atom. The zero-order chi connectivity index (χ0) is 25.4. The van der Waals surface area contributed by atoms with E-state index in [1.807, 2.05) is 43.8 Å². The van der Waals surface area contributed by atoms with Gasteiger partial charge in [-0.15, -0.1) is 0 Å². The molecule has 2 aliphatic rings. The monoisotopic (exact) mass is 513 g/mol. The highest BCUT2D eigenvalue weighted by molar-refractivity contribution is 6.32. The molecule has 36 heavy (non-hydrogen) atoms. The second-order valence-corrected chi connectivity index (χ2v) is 10.8. The summed E-state index contributed by atoms with van der Waals surface area (Å²) in [6.07, 6.45) is 4.93. The molecule has 0 radical (unpaired) electrons. The minimum absolute atomic E-state index is 0.0341. The van der Waals surface area contributed by atoms with Crippen LogP contribution in [0.25, 0.3) is 22.0 Å². The fraction of sp³-hybridized carbons (Fsp3) is 0.481. The van der Waals surface area contributed by atoms with Gasteiger partial charge in [0.25, 0.3) is 0 Å². The number of likely N-dealkylation sites (tertiary alicyclic amines) is 1. The molecule has 2 atom stereocenters. The molecule has 0 saturated carbocycles. The van der Waals surface area contributed by atoms with E-state index in [0.717, 1.165) is 41.3 Å². The number of rotatable bonds is 4. The molecule has 1 unspecified atom stereocenters. The molecule has 1 aromatic heterocycles. The van der Waals surface area contributed by atoms with E-state index in [-0.39, 0.29) is 29.2 Å². The Kier molecular flexibility index (Phi) is 6.74. The molecule has 3 aromatic rings. The van der Waals surface area contributed by atoms with E-state index < -0.39 is 5.60 Å². The number of phenols is 1. The topological polar surface area (TPSA) is 86.0 Å². The number of amides is 1. The number of halogens is 1. The smallest absolute Gasteiger partial charge is 0.410 e. The van der Waals surface area contributed by atoms with Crippen molar-refractivity contribution >= 4 is 28.6 Å². The Balaban J connectivity index is 1.47. The number of carbonyl (C=O) groups is 1. The van der Waals surface area contributed by atoms with E-state index in [0.29, 0.717) is 31.9 Å². The van der Waals surface area contributed by atoms with Crippen molar-refractivity contribution in [3.8, 4) is 22.6 Å². The van der Waals surface area contributed by atoms with E-state index in [4.69, 9.17) is 25.8 Å². The predicted octanol–water partition coefficient (Wildman–Crippen LogP) is 6.15. The van der Waals surface area contributed by atoms with Gasteiger partial charge in [-0.3, -0.25) is 0 Å². The van der Waals surface area contributed by atoms with Crippen LogP contribution in [-0.4, -0.2) is 57.3 Å². The molecule has 2 aliphatic heterocycles. The molecule has 9 heteroatoms. The number of benzene rings is 2. The van der Waals surface area contributed by atoms with Crippen LogP contribution in [0.4, 0.5) is 4.79 Å². The van der Waals surface area contributed by atoms with Crippen LogP contribution in [0.1, 0.15) is 52.7 Å². The van der Waals surface area contributed by atoms with Crippen molar-refractivity contribution in [2.24, 2.45) is 0 Å². The first kappa shape index (κ1) is 24.7. The fourth-order valence-electron chi connectivity index (χ4n) is 4.71. The second kappa shape index (κ2) is 9.82. The first-order valence-corrected chi connectivity index (χ1v) is 12.8. The van der Waals surface area contributed by atoms with Crippen LogP contribution >= 0.6 is 11.6 Å². The van der Waals surface area contributed by atoms with Crippen molar-refractivity contribution in [1.82, 2.24) is 14.7 Å². The van der Waals surface area contributed by atoms with Gasteiger partial charge in [-0.05, 0) is 75.4 Å². The highest BCUT2D eigenvalue weighted by Crippen LogP contribution is 2.38. The van der Waals surface area contributed by atoms with Crippen molar-refractivity contribution in [2.45, 2.75) is 64.4 Å². The van der Waals surface area contributed by atoms with Gasteiger partial charge in [0.1, 0.15) is 23.2 Å². The van der Waals surface area contributed by atoms with E-state index in [1.54, 1.807) is 17.0 Å². The van der Waals surface area contributed by atoms with Gasteiger partial charge in [0.15, 0.2) is 6.23 Å². The highest BCUT2D eigenvalue weighted by Gasteiger charge is 2.31. The average Bonchev–Trinajstić information content (AvgIpc) is 3.48. The Labute approximate surface area is 215 Å². The Bertz CT molecular complexity index is 1260. The van der Waals surface area contributed by atoms with Crippen LogP contribution in [0.2, 0.25) is 5.02 Å². The minimum atomic E-state index is -0.544. The summed E-state index contributed by atoms with van der Waals surface area (Å²) < 4.78 is 20.0. The standard InChI is InChI=1S/C27H32ClN3O5/c1-27(2,3)36-26(33)30-10-9-19(16-30)35-24-14-18(17-7-8-23(32)21(28)12-17)13-22-20(24)15-29-31(22)25-6-4-5-11-34-25/h7-8,12-15,19,25,32H,4-6,9-11,16H2,1-3H3/t19-,25?/m0/s1. The second-order valence-electron chi connectivity index (χ2n) is 10.4. The molecule has 5 rings (SSSR count). The van der Waals surface area contributed by atoms with Crippen molar-refractivity contribution < 1.29 is 24.1 Å². The zero-order valence-corrected chi connectivity index (χ0v) is 21.6. The van der Waals surface area contributed by atoms with Crippen molar-refractivity contribution in [2.75, 3.05) is 19.7 Å². The van der Waals surface area contributed by atoms with Crippen molar-refractivity contribution in [3.63, 3.8) is 0 Å². The largest absolute Gasteiger partial charge is 0.506 e. The van der Waals surface area contributed by atoms with Gasteiger partial charge in [0.05, 0.1) is 28.7 Å². The van der Waals surface area contributed by atoms with E-state index >= 15 is 0 Å². The van der Waals surface area contributed by atoms with Crippen LogP contribution < -0.4 is 4.74 Å².